The van der Waals surface area contributed by atoms with Crippen molar-refractivity contribution in [1.29, 1.82) is 0 Å². The smallest absolute Gasteiger partial charge is 0.247 e. The molecule has 136 valence electrons. The second-order valence-electron chi connectivity index (χ2n) is 6.43. The largest absolute Gasteiger partial charge is 0.274 e. The lowest BCUT2D eigenvalue weighted by atomic mass is 10.1. The zero-order valence-corrected chi connectivity index (χ0v) is 15.7. The Bertz CT molecular complexity index is 998. The minimum atomic E-state index is -0.549. The number of benzene rings is 2. The van der Waals surface area contributed by atoms with Gasteiger partial charge >= 0.3 is 0 Å². The first-order chi connectivity index (χ1) is 13.0. The van der Waals surface area contributed by atoms with Crippen molar-refractivity contribution < 1.29 is 9.59 Å². The third kappa shape index (κ3) is 3.35. The molecule has 0 radical (unpaired) electrons. The fourth-order valence-corrected chi connectivity index (χ4v) is 4.17. The van der Waals surface area contributed by atoms with Gasteiger partial charge in [-0.3, -0.25) is 9.59 Å². The first kappa shape index (κ1) is 17.4. The standard InChI is InChI=1S/C19H17N5O2S/c1-12-8-13(2)10-15(9-12)23-17(25)11-16(18(23)26)27-19-20-21-22-24(19)14-6-4-3-5-7-14/h3-10,16H,11H2,1-2H3. The van der Waals surface area contributed by atoms with Crippen molar-refractivity contribution in [2.45, 2.75) is 30.7 Å². The van der Waals surface area contributed by atoms with Gasteiger partial charge in [0, 0.05) is 6.42 Å². The van der Waals surface area contributed by atoms with Gasteiger partial charge in [-0.15, -0.1) is 5.10 Å². The van der Waals surface area contributed by atoms with Crippen LogP contribution in [-0.2, 0) is 9.59 Å². The molecule has 2 amide bonds. The highest BCUT2D eigenvalue weighted by Crippen LogP contribution is 2.34. The molecular formula is C19H17N5O2S. The minimum Gasteiger partial charge on any atom is -0.274 e. The van der Waals surface area contributed by atoms with Crippen LogP contribution in [0.3, 0.4) is 0 Å². The number of anilines is 1. The molecule has 1 atom stereocenters. The quantitative estimate of drug-likeness (QED) is 0.649. The zero-order chi connectivity index (χ0) is 19.0. The van der Waals surface area contributed by atoms with Gasteiger partial charge in [0.05, 0.1) is 11.4 Å². The van der Waals surface area contributed by atoms with Crippen molar-refractivity contribution in [2.24, 2.45) is 0 Å². The molecule has 2 aromatic carbocycles. The predicted molar refractivity (Wildman–Crippen MR) is 102 cm³/mol. The van der Waals surface area contributed by atoms with Crippen molar-refractivity contribution in [3.63, 3.8) is 0 Å². The number of aromatic nitrogens is 4. The maximum absolute atomic E-state index is 12.9. The Labute approximate surface area is 160 Å². The summed E-state index contributed by atoms with van der Waals surface area (Å²) >= 11 is 1.21. The average molecular weight is 379 g/mol. The Morgan fingerprint density at radius 2 is 1.70 bits per heavy atom. The molecule has 1 unspecified atom stereocenters. The van der Waals surface area contributed by atoms with E-state index in [1.54, 1.807) is 4.68 Å². The number of carbonyl (C=O) groups excluding carboxylic acids is 2. The summed E-state index contributed by atoms with van der Waals surface area (Å²) in [5.41, 5.74) is 3.44. The van der Waals surface area contributed by atoms with Gasteiger partial charge in [-0.2, -0.15) is 4.68 Å². The second kappa shape index (κ2) is 6.96. The Morgan fingerprint density at radius 3 is 2.41 bits per heavy atom. The van der Waals surface area contributed by atoms with Gasteiger partial charge in [-0.05, 0) is 59.7 Å². The summed E-state index contributed by atoms with van der Waals surface area (Å²) in [6, 6.07) is 15.1. The molecule has 1 saturated heterocycles. The summed E-state index contributed by atoms with van der Waals surface area (Å²) in [6.07, 6.45) is 0.123. The number of tetrazole rings is 1. The van der Waals surface area contributed by atoms with Crippen molar-refractivity contribution >= 4 is 29.3 Å². The third-order valence-corrected chi connectivity index (χ3v) is 5.38. The van der Waals surface area contributed by atoms with Crippen LogP contribution >= 0.6 is 11.8 Å². The van der Waals surface area contributed by atoms with Crippen LogP contribution in [0.2, 0.25) is 0 Å². The Balaban J connectivity index is 1.60. The number of carbonyl (C=O) groups is 2. The zero-order valence-electron chi connectivity index (χ0n) is 14.9. The minimum absolute atomic E-state index is 0.123. The van der Waals surface area contributed by atoms with Crippen molar-refractivity contribution in [3.8, 4) is 5.69 Å². The van der Waals surface area contributed by atoms with Gasteiger partial charge in [-0.25, -0.2) is 4.90 Å². The lowest BCUT2D eigenvalue weighted by Gasteiger charge is -2.16. The summed E-state index contributed by atoms with van der Waals surface area (Å²) in [6.45, 7) is 3.89. The number of rotatable bonds is 4. The van der Waals surface area contributed by atoms with Crippen LogP contribution in [0, 0.1) is 13.8 Å². The fraction of sp³-hybridized carbons (Fsp3) is 0.211. The normalized spacial score (nSPS) is 17.0. The molecule has 1 aromatic heterocycles. The number of thioether (sulfide) groups is 1. The molecule has 3 aromatic rings. The lowest BCUT2D eigenvalue weighted by molar-refractivity contribution is -0.121. The molecule has 8 heteroatoms. The van der Waals surface area contributed by atoms with E-state index in [0.717, 1.165) is 16.8 Å². The van der Waals surface area contributed by atoms with Crippen molar-refractivity contribution in [3.05, 3.63) is 59.7 Å². The third-order valence-electron chi connectivity index (χ3n) is 4.26. The van der Waals surface area contributed by atoms with Crippen molar-refractivity contribution in [2.75, 3.05) is 4.90 Å². The van der Waals surface area contributed by atoms with Gasteiger partial charge in [0.1, 0.15) is 5.25 Å². The summed E-state index contributed by atoms with van der Waals surface area (Å²) in [5, 5.41) is 11.7. The van der Waals surface area contributed by atoms with E-state index in [0.29, 0.717) is 10.8 Å². The summed E-state index contributed by atoms with van der Waals surface area (Å²) in [5.74, 6) is -0.446. The first-order valence-electron chi connectivity index (χ1n) is 8.48. The Morgan fingerprint density at radius 1 is 1.00 bits per heavy atom. The van der Waals surface area contributed by atoms with Gasteiger partial charge in [0.15, 0.2) is 0 Å². The second-order valence-corrected chi connectivity index (χ2v) is 7.60. The SMILES string of the molecule is Cc1cc(C)cc(N2C(=O)CC(Sc3nnnn3-c3ccccc3)C2=O)c1. The van der Waals surface area contributed by atoms with Gasteiger partial charge in [0.2, 0.25) is 17.0 Å². The summed E-state index contributed by atoms with van der Waals surface area (Å²) in [7, 11) is 0. The van der Waals surface area contributed by atoms with E-state index in [1.165, 1.54) is 16.7 Å². The van der Waals surface area contributed by atoms with Crippen molar-refractivity contribution in [1.82, 2.24) is 20.2 Å². The van der Waals surface area contributed by atoms with Crippen LogP contribution in [-0.4, -0.2) is 37.3 Å². The van der Waals surface area contributed by atoms with Crippen LogP contribution in [0.4, 0.5) is 5.69 Å². The molecule has 7 nitrogen and oxygen atoms in total. The number of imide groups is 1. The highest BCUT2D eigenvalue weighted by atomic mass is 32.2. The van der Waals surface area contributed by atoms with Crippen LogP contribution in [0.15, 0.2) is 53.7 Å². The molecule has 1 aliphatic rings. The van der Waals surface area contributed by atoms with E-state index in [9.17, 15) is 9.59 Å². The van der Waals surface area contributed by atoms with Gasteiger partial charge < -0.3 is 0 Å². The molecule has 0 saturated carbocycles. The number of aryl methyl sites for hydroxylation is 2. The van der Waals surface area contributed by atoms with Gasteiger partial charge in [0.25, 0.3) is 0 Å². The van der Waals surface area contributed by atoms with Crippen LogP contribution in [0.1, 0.15) is 17.5 Å². The number of hydrogen-bond donors (Lipinski definition) is 0. The molecule has 0 N–H and O–H groups in total. The highest BCUT2D eigenvalue weighted by molar-refractivity contribution is 8.00. The molecule has 1 fully saturated rings. The fourth-order valence-electron chi connectivity index (χ4n) is 3.16. The van der Waals surface area contributed by atoms with E-state index in [2.05, 4.69) is 15.5 Å². The van der Waals surface area contributed by atoms with E-state index in [-0.39, 0.29) is 18.2 Å². The maximum Gasteiger partial charge on any atom is 0.247 e. The Kier molecular flexibility index (Phi) is 4.49. The van der Waals surface area contributed by atoms with Gasteiger partial charge in [-0.1, -0.05) is 36.0 Å². The average Bonchev–Trinajstić information content (AvgIpc) is 3.20. The lowest BCUT2D eigenvalue weighted by Crippen LogP contribution is -2.31. The summed E-state index contributed by atoms with van der Waals surface area (Å²) < 4.78 is 1.57. The van der Waals surface area contributed by atoms with E-state index >= 15 is 0 Å². The molecule has 2 heterocycles. The van der Waals surface area contributed by atoms with E-state index in [1.807, 2.05) is 62.4 Å². The van der Waals surface area contributed by atoms with Crippen LogP contribution in [0.5, 0.6) is 0 Å². The molecule has 0 bridgehead atoms. The topological polar surface area (TPSA) is 81.0 Å². The molecule has 0 spiro atoms. The highest BCUT2D eigenvalue weighted by Gasteiger charge is 2.41. The number of amides is 2. The molecule has 27 heavy (non-hydrogen) atoms. The summed E-state index contributed by atoms with van der Waals surface area (Å²) in [4.78, 5) is 26.7. The monoisotopic (exact) mass is 379 g/mol. The molecule has 1 aliphatic heterocycles. The number of nitrogens with zero attached hydrogens (tertiary/aromatic N) is 5. The Hall–Kier alpha value is -3.00. The maximum atomic E-state index is 12.9. The van der Waals surface area contributed by atoms with E-state index in [4.69, 9.17) is 0 Å². The number of para-hydroxylation sites is 1. The number of hydrogen-bond acceptors (Lipinski definition) is 6. The predicted octanol–water partition coefficient (Wildman–Crippen LogP) is 2.70. The van der Waals surface area contributed by atoms with Crippen LogP contribution < -0.4 is 4.90 Å². The molecule has 0 aliphatic carbocycles. The molecule has 4 rings (SSSR count). The molecular weight excluding hydrogens is 362 g/mol. The van der Waals surface area contributed by atoms with Crippen LogP contribution in [0.25, 0.3) is 5.69 Å². The first-order valence-corrected chi connectivity index (χ1v) is 9.36. The van der Waals surface area contributed by atoms with E-state index < -0.39 is 5.25 Å².